The molecule has 0 aliphatic heterocycles. The Morgan fingerprint density at radius 1 is 0.800 bits per heavy atom. The Hall–Kier alpha value is -1.34. The molecule has 2 rings (SSSR count). The van der Waals surface area contributed by atoms with Crippen LogP contribution in [-0.2, 0) is 0 Å². The number of hydrogen-bond acceptors (Lipinski definition) is 0. The lowest BCUT2D eigenvalue weighted by atomic mass is 10.2. The van der Waals surface area contributed by atoms with Crippen LogP contribution in [0, 0.1) is 19.7 Å². The van der Waals surface area contributed by atoms with E-state index in [0.29, 0.717) is 5.56 Å². The molecule has 2 aromatic rings. The van der Waals surface area contributed by atoms with Gasteiger partial charge in [0.2, 0.25) is 0 Å². The molecule has 2 heteroatoms. The van der Waals surface area contributed by atoms with Gasteiger partial charge < -0.3 is 0 Å². The minimum Gasteiger partial charge on any atom is -0.207 e. The first-order valence-corrected chi connectivity index (χ1v) is 7.40. The van der Waals surface area contributed by atoms with E-state index in [4.69, 9.17) is 11.6 Å². The molecule has 0 radical (unpaired) electrons. The van der Waals surface area contributed by atoms with Gasteiger partial charge in [-0.3, -0.25) is 0 Å². The topological polar surface area (TPSA) is 0 Å². The summed E-state index contributed by atoms with van der Waals surface area (Å²) < 4.78 is 12.3. The third kappa shape index (κ3) is 10.6. The SMILES string of the molecule is CC.CC.Cc1cccc(Cl)c1.Cc1ccccc1F. The van der Waals surface area contributed by atoms with E-state index >= 15 is 0 Å². The highest BCUT2D eigenvalue weighted by Crippen LogP contribution is 2.08. The molecule has 112 valence electrons. The second-order valence-electron chi connectivity index (χ2n) is 3.55. The molecule has 2 aromatic carbocycles. The van der Waals surface area contributed by atoms with Crippen molar-refractivity contribution in [1.29, 1.82) is 0 Å². The van der Waals surface area contributed by atoms with Crippen LogP contribution in [0.25, 0.3) is 0 Å². The maximum absolute atomic E-state index is 12.3. The maximum atomic E-state index is 12.3. The first kappa shape index (κ1) is 21.0. The van der Waals surface area contributed by atoms with Crippen LogP contribution in [0.4, 0.5) is 4.39 Å². The summed E-state index contributed by atoms with van der Waals surface area (Å²) in [7, 11) is 0. The average molecular weight is 297 g/mol. The zero-order valence-electron chi connectivity index (χ0n) is 13.4. The number of hydrogen-bond donors (Lipinski definition) is 0. The molecule has 0 aliphatic carbocycles. The Balaban J connectivity index is 0. The van der Waals surface area contributed by atoms with E-state index in [1.165, 1.54) is 11.6 Å². The van der Waals surface area contributed by atoms with Gasteiger partial charge in [-0.15, -0.1) is 0 Å². The van der Waals surface area contributed by atoms with Crippen LogP contribution in [0.1, 0.15) is 38.8 Å². The summed E-state index contributed by atoms with van der Waals surface area (Å²) in [5.41, 5.74) is 1.91. The first-order valence-electron chi connectivity index (χ1n) is 7.03. The molecular weight excluding hydrogens is 271 g/mol. The molecule has 0 saturated carbocycles. The van der Waals surface area contributed by atoms with Crippen LogP contribution in [0.3, 0.4) is 0 Å². The van der Waals surface area contributed by atoms with Gasteiger partial charge in [-0.1, -0.05) is 69.6 Å². The molecule has 0 aromatic heterocycles. The number of rotatable bonds is 0. The van der Waals surface area contributed by atoms with Crippen molar-refractivity contribution in [3.8, 4) is 0 Å². The summed E-state index contributed by atoms with van der Waals surface area (Å²) >= 11 is 5.64. The van der Waals surface area contributed by atoms with E-state index in [-0.39, 0.29) is 5.82 Å². The second-order valence-corrected chi connectivity index (χ2v) is 3.98. The van der Waals surface area contributed by atoms with Crippen molar-refractivity contribution in [1.82, 2.24) is 0 Å². The zero-order valence-corrected chi connectivity index (χ0v) is 14.1. The largest absolute Gasteiger partial charge is 0.207 e. The van der Waals surface area contributed by atoms with Gasteiger partial charge in [0.15, 0.2) is 0 Å². The van der Waals surface area contributed by atoms with Crippen molar-refractivity contribution >= 4 is 11.6 Å². The summed E-state index contributed by atoms with van der Waals surface area (Å²) in [4.78, 5) is 0. The van der Waals surface area contributed by atoms with Gasteiger partial charge in [0, 0.05) is 5.02 Å². The van der Waals surface area contributed by atoms with Gasteiger partial charge >= 0.3 is 0 Å². The van der Waals surface area contributed by atoms with Gasteiger partial charge in [-0.2, -0.15) is 0 Å². The minimum atomic E-state index is -0.132. The molecule has 0 heterocycles. The quantitative estimate of drug-likeness (QED) is 0.499. The third-order valence-electron chi connectivity index (χ3n) is 2.06. The molecule has 0 nitrogen and oxygen atoms in total. The maximum Gasteiger partial charge on any atom is 0.126 e. The highest BCUT2D eigenvalue weighted by atomic mass is 35.5. The molecule has 0 bridgehead atoms. The second kappa shape index (κ2) is 14.1. The molecule has 0 fully saturated rings. The predicted molar refractivity (Wildman–Crippen MR) is 90.0 cm³/mol. The highest BCUT2D eigenvalue weighted by Gasteiger charge is 1.88. The van der Waals surface area contributed by atoms with E-state index in [2.05, 4.69) is 0 Å². The van der Waals surface area contributed by atoms with Crippen molar-refractivity contribution in [2.45, 2.75) is 41.5 Å². The lowest BCUT2D eigenvalue weighted by Gasteiger charge is -1.89. The van der Waals surface area contributed by atoms with Crippen LogP contribution >= 0.6 is 11.6 Å². The number of aryl methyl sites for hydroxylation is 2. The highest BCUT2D eigenvalue weighted by molar-refractivity contribution is 6.30. The molecule has 0 saturated heterocycles. The van der Waals surface area contributed by atoms with E-state index in [1.54, 1.807) is 19.1 Å². The predicted octanol–water partition coefficient (Wildman–Crippen LogP) is 6.83. The average Bonchev–Trinajstić information content (AvgIpc) is 2.47. The normalized spacial score (nSPS) is 8.00. The Kier molecular flexibility index (Phi) is 14.8. The number of benzene rings is 2. The molecule has 0 N–H and O–H groups in total. The van der Waals surface area contributed by atoms with Crippen molar-refractivity contribution in [2.75, 3.05) is 0 Å². The van der Waals surface area contributed by atoms with E-state index < -0.39 is 0 Å². The van der Waals surface area contributed by atoms with Crippen LogP contribution in [-0.4, -0.2) is 0 Å². The zero-order chi connectivity index (χ0) is 16.0. The first-order chi connectivity index (χ1) is 9.59. The van der Waals surface area contributed by atoms with Crippen molar-refractivity contribution in [3.05, 3.63) is 70.5 Å². The molecule has 0 aliphatic rings. The summed E-state index contributed by atoms with van der Waals surface area (Å²) in [5, 5.41) is 0.810. The van der Waals surface area contributed by atoms with Gasteiger partial charge in [0.05, 0.1) is 0 Å². The monoisotopic (exact) mass is 296 g/mol. The number of halogens is 2. The molecule has 0 spiro atoms. The summed E-state index contributed by atoms with van der Waals surface area (Å²) in [6, 6.07) is 14.5. The Bertz CT molecular complexity index is 414. The standard InChI is InChI=1S/C7H7Cl.C7H7F.2C2H6/c1-6-3-2-4-7(8)5-6;1-6-4-2-3-5-7(6)8;2*1-2/h2*2-5H,1H3;2*1-2H3. The van der Waals surface area contributed by atoms with Crippen molar-refractivity contribution in [3.63, 3.8) is 0 Å². The van der Waals surface area contributed by atoms with E-state index in [1.807, 2.05) is 65.0 Å². The molecule has 20 heavy (non-hydrogen) atoms. The smallest absolute Gasteiger partial charge is 0.126 e. The Morgan fingerprint density at radius 3 is 1.65 bits per heavy atom. The summed E-state index contributed by atoms with van der Waals surface area (Å²) in [5.74, 6) is -0.132. The fraction of sp³-hybridized carbons (Fsp3) is 0.333. The molecule has 0 atom stereocenters. The Labute approximate surface area is 128 Å². The lowest BCUT2D eigenvalue weighted by molar-refractivity contribution is 0.618. The van der Waals surface area contributed by atoms with Crippen molar-refractivity contribution in [2.24, 2.45) is 0 Å². The van der Waals surface area contributed by atoms with Crippen LogP contribution < -0.4 is 0 Å². The van der Waals surface area contributed by atoms with Gasteiger partial charge in [0.1, 0.15) is 5.82 Å². The third-order valence-corrected chi connectivity index (χ3v) is 2.29. The molecule has 0 unspecified atom stereocenters. The fourth-order valence-corrected chi connectivity index (χ4v) is 1.40. The fourth-order valence-electron chi connectivity index (χ4n) is 1.16. The molecular formula is C18H26ClF. The molecule has 0 amide bonds. The Morgan fingerprint density at radius 2 is 1.35 bits per heavy atom. The van der Waals surface area contributed by atoms with Gasteiger partial charge in [-0.25, -0.2) is 4.39 Å². The summed E-state index contributed by atoms with van der Waals surface area (Å²) in [6.07, 6.45) is 0. The van der Waals surface area contributed by atoms with Crippen molar-refractivity contribution < 1.29 is 4.39 Å². The van der Waals surface area contributed by atoms with Crippen LogP contribution in [0.15, 0.2) is 48.5 Å². The van der Waals surface area contributed by atoms with Crippen LogP contribution in [0.2, 0.25) is 5.02 Å². The minimum absolute atomic E-state index is 0.132. The van der Waals surface area contributed by atoms with E-state index in [0.717, 1.165) is 5.02 Å². The van der Waals surface area contributed by atoms with Crippen LogP contribution in [0.5, 0.6) is 0 Å². The van der Waals surface area contributed by atoms with Gasteiger partial charge in [0.25, 0.3) is 0 Å². The van der Waals surface area contributed by atoms with E-state index in [9.17, 15) is 4.39 Å². The lowest BCUT2D eigenvalue weighted by Crippen LogP contribution is -1.76. The summed E-state index contributed by atoms with van der Waals surface area (Å²) in [6.45, 7) is 11.8. The van der Waals surface area contributed by atoms with Gasteiger partial charge in [-0.05, 0) is 43.2 Å².